The minimum absolute atomic E-state index is 0.176. The molecule has 1 fully saturated rings. The molecule has 0 spiro atoms. The third-order valence-electron chi connectivity index (χ3n) is 2.99. The summed E-state index contributed by atoms with van der Waals surface area (Å²) in [4.78, 5) is 2.23. The van der Waals surface area contributed by atoms with E-state index in [1.54, 1.807) is 0 Å². The van der Waals surface area contributed by atoms with Crippen molar-refractivity contribution in [3.63, 3.8) is 0 Å². The quantitative estimate of drug-likeness (QED) is 0.835. The molecule has 3 heteroatoms. The van der Waals surface area contributed by atoms with E-state index in [9.17, 15) is 0 Å². The Bertz CT molecular complexity index is 418. The molecular formula is C13H16N2O. The van der Waals surface area contributed by atoms with Crippen molar-refractivity contribution in [2.45, 2.75) is 25.8 Å². The molecule has 1 N–H and O–H groups in total. The first-order valence-electron chi connectivity index (χ1n) is 5.64. The van der Waals surface area contributed by atoms with Gasteiger partial charge in [-0.2, -0.15) is 5.26 Å². The Hall–Kier alpha value is -1.53. The SMILES string of the molecule is Cc1cc(N(CCO)C2CC2)ccc1C#N. The zero-order valence-electron chi connectivity index (χ0n) is 9.48. The van der Waals surface area contributed by atoms with Crippen molar-refractivity contribution in [3.05, 3.63) is 29.3 Å². The maximum absolute atomic E-state index is 9.05. The first-order valence-corrected chi connectivity index (χ1v) is 5.64. The first kappa shape index (κ1) is 11.0. The van der Waals surface area contributed by atoms with Gasteiger partial charge in [-0.3, -0.25) is 0 Å². The van der Waals surface area contributed by atoms with Crippen LogP contribution in [-0.4, -0.2) is 24.3 Å². The summed E-state index contributed by atoms with van der Waals surface area (Å²) in [6.07, 6.45) is 2.41. The molecule has 1 aromatic rings. The molecule has 0 amide bonds. The zero-order chi connectivity index (χ0) is 11.5. The minimum Gasteiger partial charge on any atom is -0.395 e. The minimum atomic E-state index is 0.176. The van der Waals surface area contributed by atoms with E-state index in [4.69, 9.17) is 10.4 Å². The summed E-state index contributed by atoms with van der Waals surface area (Å²) in [6, 6.07) is 8.62. The van der Waals surface area contributed by atoms with Crippen molar-refractivity contribution in [2.24, 2.45) is 0 Å². The molecule has 0 atom stereocenters. The number of hydrogen-bond donors (Lipinski definition) is 1. The number of anilines is 1. The number of aliphatic hydroxyl groups is 1. The summed E-state index contributed by atoms with van der Waals surface area (Å²) in [7, 11) is 0. The highest BCUT2D eigenvalue weighted by Crippen LogP contribution is 2.32. The van der Waals surface area contributed by atoms with Crippen LogP contribution in [0.25, 0.3) is 0 Å². The van der Waals surface area contributed by atoms with Crippen LogP contribution in [0.5, 0.6) is 0 Å². The van der Waals surface area contributed by atoms with Crippen molar-refractivity contribution in [3.8, 4) is 6.07 Å². The normalized spacial score (nSPS) is 14.6. The van der Waals surface area contributed by atoms with Crippen LogP contribution in [0.3, 0.4) is 0 Å². The summed E-state index contributed by atoms with van der Waals surface area (Å²) in [6.45, 7) is 2.80. The lowest BCUT2D eigenvalue weighted by Gasteiger charge is -2.24. The fourth-order valence-electron chi connectivity index (χ4n) is 1.97. The Morgan fingerprint density at radius 1 is 1.50 bits per heavy atom. The third-order valence-corrected chi connectivity index (χ3v) is 2.99. The maximum atomic E-state index is 9.05. The van der Waals surface area contributed by atoms with E-state index in [0.29, 0.717) is 12.6 Å². The van der Waals surface area contributed by atoms with Crippen LogP contribution >= 0.6 is 0 Å². The Balaban J connectivity index is 2.24. The molecule has 2 rings (SSSR count). The van der Waals surface area contributed by atoms with E-state index in [0.717, 1.165) is 16.8 Å². The molecule has 0 saturated heterocycles. The van der Waals surface area contributed by atoms with Crippen LogP contribution < -0.4 is 4.90 Å². The van der Waals surface area contributed by atoms with Crippen LogP contribution in [0.1, 0.15) is 24.0 Å². The van der Waals surface area contributed by atoms with Gasteiger partial charge in [0.15, 0.2) is 0 Å². The molecule has 1 aliphatic carbocycles. The Labute approximate surface area is 95.9 Å². The van der Waals surface area contributed by atoms with Crippen molar-refractivity contribution in [1.82, 2.24) is 0 Å². The summed E-state index contributed by atoms with van der Waals surface area (Å²) in [5.41, 5.74) is 2.85. The van der Waals surface area contributed by atoms with Gasteiger partial charge >= 0.3 is 0 Å². The van der Waals surface area contributed by atoms with Crippen molar-refractivity contribution in [1.29, 1.82) is 5.26 Å². The smallest absolute Gasteiger partial charge is 0.0994 e. The first-order chi connectivity index (χ1) is 7.76. The van der Waals surface area contributed by atoms with Gasteiger partial charge in [0.05, 0.1) is 18.2 Å². The molecule has 0 unspecified atom stereocenters. The van der Waals surface area contributed by atoms with Gasteiger partial charge in [0.1, 0.15) is 0 Å². The highest BCUT2D eigenvalue weighted by molar-refractivity contribution is 5.54. The zero-order valence-corrected chi connectivity index (χ0v) is 9.48. The lowest BCUT2D eigenvalue weighted by molar-refractivity contribution is 0.301. The van der Waals surface area contributed by atoms with Gasteiger partial charge < -0.3 is 10.0 Å². The molecule has 1 aliphatic rings. The molecule has 0 aromatic heterocycles. The molecule has 0 bridgehead atoms. The van der Waals surface area contributed by atoms with Crippen LogP contribution in [0.2, 0.25) is 0 Å². The van der Waals surface area contributed by atoms with E-state index < -0.39 is 0 Å². The molecular weight excluding hydrogens is 200 g/mol. The summed E-state index contributed by atoms with van der Waals surface area (Å²) in [5.74, 6) is 0. The molecule has 84 valence electrons. The summed E-state index contributed by atoms with van der Waals surface area (Å²) < 4.78 is 0. The van der Waals surface area contributed by atoms with Gasteiger partial charge in [-0.1, -0.05) is 0 Å². The van der Waals surface area contributed by atoms with Gasteiger partial charge in [0, 0.05) is 18.3 Å². The van der Waals surface area contributed by atoms with Crippen molar-refractivity contribution in [2.75, 3.05) is 18.1 Å². The van der Waals surface area contributed by atoms with E-state index in [1.807, 2.05) is 25.1 Å². The maximum Gasteiger partial charge on any atom is 0.0994 e. The van der Waals surface area contributed by atoms with Gasteiger partial charge in [-0.25, -0.2) is 0 Å². The highest BCUT2D eigenvalue weighted by atomic mass is 16.3. The monoisotopic (exact) mass is 216 g/mol. The standard InChI is InChI=1S/C13H16N2O/c1-10-8-13(3-2-11(10)9-14)15(6-7-16)12-4-5-12/h2-3,8,12,16H,4-7H2,1H3. The highest BCUT2D eigenvalue weighted by Gasteiger charge is 2.28. The predicted octanol–water partition coefficient (Wildman–Crippen LogP) is 1.83. The average Bonchev–Trinajstić information content (AvgIpc) is 3.09. The van der Waals surface area contributed by atoms with Crippen LogP contribution in [-0.2, 0) is 0 Å². The van der Waals surface area contributed by atoms with E-state index >= 15 is 0 Å². The number of aryl methyl sites for hydroxylation is 1. The van der Waals surface area contributed by atoms with Gasteiger partial charge in [-0.15, -0.1) is 0 Å². The molecule has 3 nitrogen and oxygen atoms in total. The number of hydrogen-bond acceptors (Lipinski definition) is 3. The largest absolute Gasteiger partial charge is 0.395 e. The van der Waals surface area contributed by atoms with Gasteiger partial charge in [0.2, 0.25) is 0 Å². The van der Waals surface area contributed by atoms with Crippen molar-refractivity contribution >= 4 is 5.69 Å². The molecule has 0 aliphatic heterocycles. The van der Waals surface area contributed by atoms with Crippen LogP contribution in [0.4, 0.5) is 5.69 Å². The van der Waals surface area contributed by atoms with Gasteiger partial charge in [0.25, 0.3) is 0 Å². The average molecular weight is 216 g/mol. The van der Waals surface area contributed by atoms with E-state index in [1.165, 1.54) is 12.8 Å². The number of benzene rings is 1. The third kappa shape index (κ3) is 2.17. The predicted molar refractivity (Wildman–Crippen MR) is 63.3 cm³/mol. The summed E-state index contributed by atoms with van der Waals surface area (Å²) >= 11 is 0. The Morgan fingerprint density at radius 3 is 2.75 bits per heavy atom. The number of rotatable bonds is 4. The number of nitrogens with zero attached hydrogens (tertiary/aromatic N) is 2. The second-order valence-corrected chi connectivity index (χ2v) is 4.26. The number of aliphatic hydroxyl groups excluding tert-OH is 1. The van der Waals surface area contributed by atoms with Crippen LogP contribution in [0.15, 0.2) is 18.2 Å². The lowest BCUT2D eigenvalue weighted by Crippen LogP contribution is -2.28. The lowest BCUT2D eigenvalue weighted by atomic mass is 10.1. The topological polar surface area (TPSA) is 47.3 Å². The summed E-state index contributed by atoms with van der Waals surface area (Å²) in [5, 5.41) is 17.9. The number of nitriles is 1. The van der Waals surface area contributed by atoms with E-state index in [2.05, 4.69) is 11.0 Å². The van der Waals surface area contributed by atoms with Crippen LogP contribution in [0, 0.1) is 18.3 Å². The Morgan fingerprint density at radius 2 is 2.25 bits per heavy atom. The van der Waals surface area contributed by atoms with E-state index in [-0.39, 0.29) is 6.61 Å². The molecule has 1 saturated carbocycles. The second-order valence-electron chi connectivity index (χ2n) is 4.26. The van der Waals surface area contributed by atoms with Crippen molar-refractivity contribution < 1.29 is 5.11 Å². The molecule has 0 radical (unpaired) electrons. The second kappa shape index (κ2) is 4.54. The molecule has 0 heterocycles. The Kier molecular flexibility index (Phi) is 3.12. The molecule has 1 aromatic carbocycles. The fourth-order valence-corrected chi connectivity index (χ4v) is 1.97. The molecule has 16 heavy (non-hydrogen) atoms. The van der Waals surface area contributed by atoms with Gasteiger partial charge in [-0.05, 0) is 43.5 Å². The fraction of sp³-hybridized carbons (Fsp3) is 0.462.